The predicted octanol–water partition coefficient (Wildman–Crippen LogP) is 2.70. The van der Waals surface area contributed by atoms with E-state index in [-0.39, 0.29) is 18.1 Å². The Balaban J connectivity index is 1.82. The number of amides is 1. The van der Waals surface area contributed by atoms with Gasteiger partial charge in [0.25, 0.3) is 5.91 Å². The number of carbonyl (C=O) groups excluding carboxylic acids is 1. The molecule has 0 atom stereocenters. The van der Waals surface area contributed by atoms with Gasteiger partial charge in [-0.25, -0.2) is 0 Å². The van der Waals surface area contributed by atoms with E-state index in [2.05, 4.69) is 5.32 Å². The number of nitrogen functional groups attached to an aromatic ring is 1. The molecule has 1 saturated carbocycles. The molecule has 106 valence electrons. The molecule has 3 rings (SSSR count). The number of hydrogen-bond acceptors (Lipinski definition) is 4. The first-order valence-electron chi connectivity index (χ1n) is 6.71. The standard InChI is InChI=1S/C15H18N2O2S/c1-8-4-3-5-11-12(16)14(20-13(8)11)15(18)17-9-6-10(7-9)19-2/h3-5,9-10H,6-7,16H2,1-2H3,(H,17,18). The van der Waals surface area contributed by atoms with Gasteiger partial charge in [0.1, 0.15) is 4.88 Å². The number of nitrogens with one attached hydrogen (secondary N) is 1. The van der Waals surface area contributed by atoms with Gasteiger partial charge in [0.05, 0.1) is 11.8 Å². The third-order valence-corrected chi connectivity index (χ3v) is 5.28. The third kappa shape index (κ3) is 2.17. The summed E-state index contributed by atoms with van der Waals surface area (Å²) >= 11 is 1.47. The van der Waals surface area contributed by atoms with Crippen LogP contribution in [-0.4, -0.2) is 25.2 Å². The van der Waals surface area contributed by atoms with Crippen LogP contribution in [0.25, 0.3) is 10.1 Å². The van der Waals surface area contributed by atoms with Crippen LogP contribution >= 0.6 is 11.3 Å². The monoisotopic (exact) mass is 290 g/mol. The molecule has 0 aliphatic heterocycles. The Kier molecular flexibility index (Phi) is 3.40. The molecule has 1 amide bonds. The maximum absolute atomic E-state index is 12.3. The van der Waals surface area contributed by atoms with Gasteiger partial charge < -0.3 is 15.8 Å². The van der Waals surface area contributed by atoms with Gasteiger partial charge >= 0.3 is 0 Å². The van der Waals surface area contributed by atoms with Gasteiger partial charge in [-0.1, -0.05) is 18.2 Å². The molecular formula is C15H18N2O2S. The van der Waals surface area contributed by atoms with Crippen molar-refractivity contribution in [1.82, 2.24) is 5.32 Å². The number of ether oxygens (including phenoxy) is 1. The summed E-state index contributed by atoms with van der Waals surface area (Å²) in [5.41, 5.74) is 7.87. The van der Waals surface area contributed by atoms with Gasteiger partial charge in [-0.05, 0) is 25.3 Å². The highest BCUT2D eigenvalue weighted by Gasteiger charge is 2.31. The number of nitrogens with two attached hydrogens (primary N) is 1. The minimum absolute atomic E-state index is 0.0670. The number of thiophene rings is 1. The van der Waals surface area contributed by atoms with Crippen molar-refractivity contribution in [2.24, 2.45) is 0 Å². The summed E-state index contributed by atoms with van der Waals surface area (Å²) in [5.74, 6) is -0.0670. The highest BCUT2D eigenvalue weighted by atomic mass is 32.1. The Morgan fingerprint density at radius 2 is 2.20 bits per heavy atom. The topological polar surface area (TPSA) is 64.3 Å². The average molecular weight is 290 g/mol. The molecule has 4 nitrogen and oxygen atoms in total. The second-order valence-electron chi connectivity index (χ2n) is 5.30. The van der Waals surface area contributed by atoms with Crippen LogP contribution < -0.4 is 11.1 Å². The van der Waals surface area contributed by atoms with E-state index in [9.17, 15) is 4.79 Å². The number of methoxy groups -OCH3 is 1. The Morgan fingerprint density at radius 1 is 1.45 bits per heavy atom. The molecule has 1 aliphatic rings. The zero-order valence-electron chi connectivity index (χ0n) is 11.6. The lowest BCUT2D eigenvalue weighted by atomic mass is 9.89. The van der Waals surface area contributed by atoms with Gasteiger partial charge in [-0.3, -0.25) is 4.79 Å². The van der Waals surface area contributed by atoms with Crippen LogP contribution in [0.5, 0.6) is 0 Å². The van der Waals surface area contributed by atoms with E-state index >= 15 is 0 Å². The molecule has 0 radical (unpaired) electrons. The Morgan fingerprint density at radius 3 is 2.85 bits per heavy atom. The summed E-state index contributed by atoms with van der Waals surface area (Å²) in [7, 11) is 1.70. The molecule has 1 aromatic carbocycles. The molecule has 2 aromatic rings. The van der Waals surface area contributed by atoms with Gasteiger partial charge in [0.15, 0.2) is 0 Å². The fourth-order valence-corrected chi connectivity index (χ4v) is 3.67. The lowest BCUT2D eigenvalue weighted by Crippen LogP contribution is -2.47. The van der Waals surface area contributed by atoms with Gasteiger partial charge in [-0.2, -0.15) is 0 Å². The Labute approximate surface area is 121 Å². The van der Waals surface area contributed by atoms with Crippen molar-refractivity contribution >= 4 is 33.0 Å². The molecule has 20 heavy (non-hydrogen) atoms. The van der Waals surface area contributed by atoms with E-state index < -0.39 is 0 Å². The van der Waals surface area contributed by atoms with Crippen LogP contribution in [0.2, 0.25) is 0 Å². The Hall–Kier alpha value is -1.59. The number of carbonyl (C=O) groups is 1. The molecule has 0 bridgehead atoms. The number of rotatable bonds is 3. The zero-order valence-corrected chi connectivity index (χ0v) is 12.4. The predicted molar refractivity (Wildman–Crippen MR) is 82.3 cm³/mol. The largest absolute Gasteiger partial charge is 0.397 e. The quantitative estimate of drug-likeness (QED) is 0.913. The fourth-order valence-electron chi connectivity index (χ4n) is 2.57. The lowest BCUT2D eigenvalue weighted by molar-refractivity contribution is 0.0177. The summed E-state index contributed by atoms with van der Waals surface area (Å²) < 4.78 is 6.31. The normalized spacial score (nSPS) is 21.7. The first kappa shape index (κ1) is 13.4. The van der Waals surface area contributed by atoms with Crippen LogP contribution in [0.15, 0.2) is 18.2 Å². The van der Waals surface area contributed by atoms with Gasteiger partial charge in [-0.15, -0.1) is 11.3 Å². The van der Waals surface area contributed by atoms with Crippen molar-refractivity contribution in [3.8, 4) is 0 Å². The van der Waals surface area contributed by atoms with Crippen molar-refractivity contribution < 1.29 is 9.53 Å². The first-order chi connectivity index (χ1) is 9.60. The summed E-state index contributed by atoms with van der Waals surface area (Å²) in [4.78, 5) is 12.9. The first-order valence-corrected chi connectivity index (χ1v) is 7.53. The number of aryl methyl sites for hydroxylation is 1. The lowest BCUT2D eigenvalue weighted by Gasteiger charge is -2.34. The minimum Gasteiger partial charge on any atom is -0.397 e. The SMILES string of the molecule is COC1CC(NC(=O)c2sc3c(C)cccc3c2N)C1. The molecule has 1 aliphatic carbocycles. The number of fused-ring (bicyclic) bond motifs is 1. The Bertz CT molecular complexity index is 659. The van der Waals surface area contributed by atoms with Crippen molar-refractivity contribution in [2.75, 3.05) is 12.8 Å². The van der Waals surface area contributed by atoms with E-state index in [0.29, 0.717) is 10.6 Å². The third-order valence-electron chi connectivity index (χ3n) is 3.92. The zero-order chi connectivity index (χ0) is 14.3. The number of anilines is 1. The molecular weight excluding hydrogens is 272 g/mol. The maximum Gasteiger partial charge on any atom is 0.263 e. The van der Waals surface area contributed by atoms with Crippen LogP contribution in [0, 0.1) is 6.92 Å². The van der Waals surface area contributed by atoms with E-state index in [1.165, 1.54) is 11.3 Å². The van der Waals surface area contributed by atoms with E-state index in [1.807, 2.05) is 25.1 Å². The average Bonchev–Trinajstić information content (AvgIpc) is 2.72. The van der Waals surface area contributed by atoms with Crippen molar-refractivity contribution in [3.05, 3.63) is 28.6 Å². The molecule has 0 saturated heterocycles. The van der Waals surface area contributed by atoms with Crippen molar-refractivity contribution in [2.45, 2.75) is 31.9 Å². The molecule has 3 N–H and O–H groups in total. The van der Waals surface area contributed by atoms with Crippen LogP contribution in [-0.2, 0) is 4.74 Å². The smallest absolute Gasteiger partial charge is 0.263 e. The van der Waals surface area contributed by atoms with E-state index in [1.54, 1.807) is 7.11 Å². The van der Waals surface area contributed by atoms with E-state index in [4.69, 9.17) is 10.5 Å². The van der Waals surface area contributed by atoms with Crippen molar-refractivity contribution in [3.63, 3.8) is 0 Å². The second kappa shape index (κ2) is 5.07. The van der Waals surface area contributed by atoms with E-state index in [0.717, 1.165) is 28.5 Å². The maximum atomic E-state index is 12.3. The highest BCUT2D eigenvalue weighted by molar-refractivity contribution is 7.21. The number of hydrogen-bond donors (Lipinski definition) is 2. The molecule has 5 heteroatoms. The molecule has 1 aromatic heterocycles. The highest BCUT2D eigenvalue weighted by Crippen LogP contribution is 2.36. The summed E-state index contributed by atoms with van der Waals surface area (Å²) in [5, 5.41) is 4.01. The molecule has 1 heterocycles. The summed E-state index contributed by atoms with van der Waals surface area (Å²) in [6.07, 6.45) is 2.04. The molecule has 0 spiro atoms. The minimum atomic E-state index is -0.0670. The molecule has 0 unspecified atom stereocenters. The van der Waals surface area contributed by atoms with Crippen LogP contribution in [0.3, 0.4) is 0 Å². The number of benzene rings is 1. The van der Waals surface area contributed by atoms with Gasteiger partial charge in [0.2, 0.25) is 0 Å². The second-order valence-corrected chi connectivity index (χ2v) is 6.32. The molecule has 1 fully saturated rings. The summed E-state index contributed by atoms with van der Waals surface area (Å²) in [6.45, 7) is 2.04. The van der Waals surface area contributed by atoms with Gasteiger partial charge in [0, 0.05) is 23.2 Å². The fraction of sp³-hybridized carbons (Fsp3) is 0.400. The van der Waals surface area contributed by atoms with Crippen molar-refractivity contribution in [1.29, 1.82) is 0 Å². The van der Waals surface area contributed by atoms with Crippen LogP contribution in [0.1, 0.15) is 28.1 Å². The van der Waals surface area contributed by atoms with Crippen LogP contribution in [0.4, 0.5) is 5.69 Å². The summed E-state index contributed by atoms with van der Waals surface area (Å²) in [6, 6.07) is 6.18.